The van der Waals surface area contributed by atoms with Crippen LogP contribution in [0.2, 0.25) is 0 Å². The van der Waals surface area contributed by atoms with Crippen molar-refractivity contribution >= 4 is 34.3 Å². The number of nitrogens with zero attached hydrogens (tertiary/aromatic N) is 3. The Labute approximate surface area is 114 Å². The van der Waals surface area contributed by atoms with E-state index in [0.717, 1.165) is 35.3 Å². The van der Waals surface area contributed by atoms with Crippen molar-refractivity contribution in [3.63, 3.8) is 0 Å². The number of likely N-dealkylation sites (tertiary alicyclic amines) is 1. The molecule has 1 aromatic heterocycles. The average molecular weight is 346 g/mol. The largest absolute Gasteiger partial charge is 0.369 e. The molecule has 1 aromatic rings. The Hall–Kier alpha value is -0.920. The molecule has 92 valence electrons. The summed E-state index contributed by atoms with van der Waals surface area (Å²) >= 11 is 2.17. The summed E-state index contributed by atoms with van der Waals surface area (Å²) in [5.41, 5.74) is 0. The van der Waals surface area contributed by atoms with Gasteiger partial charge in [-0.2, -0.15) is 0 Å². The lowest BCUT2D eigenvalue weighted by Gasteiger charge is -2.15. The van der Waals surface area contributed by atoms with Gasteiger partial charge in [-0.05, 0) is 35.4 Å². The number of amides is 1. The molecule has 0 bridgehead atoms. The SMILES string of the molecule is O=C(CCNc1ncncc1I)N1CCCC1. The van der Waals surface area contributed by atoms with Crippen LogP contribution in [0.3, 0.4) is 0 Å². The number of anilines is 1. The van der Waals surface area contributed by atoms with Crippen molar-refractivity contribution in [2.75, 3.05) is 25.0 Å². The number of nitrogens with one attached hydrogen (secondary N) is 1. The molecule has 1 fully saturated rings. The van der Waals surface area contributed by atoms with Crippen molar-refractivity contribution in [1.29, 1.82) is 0 Å². The van der Waals surface area contributed by atoms with Gasteiger partial charge in [0.2, 0.25) is 5.91 Å². The Bertz CT molecular complexity index is 393. The van der Waals surface area contributed by atoms with Gasteiger partial charge in [0, 0.05) is 32.3 Å². The number of aromatic nitrogens is 2. The van der Waals surface area contributed by atoms with Crippen LogP contribution in [-0.4, -0.2) is 40.4 Å². The Balaban J connectivity index is 1.76. The molecule has 6 heteroatoms. The maximum Gasteiger partial charge on any atom is 0.224 e. The van der Waals surface area contributed by atoms with Crippen LogP contribution in [0.1, 0.15) is 19.3 Å². The Morgan fingerprint density at radius 3 is 2.94 bits per heavy atom. The first-order valence-corrected chi connectivity index (χ1v) is 6.82. The second-order valence-electron chi connectivity index (χ2n) is 3.98. The Morgan fingerprint density at radius 2 is 2.24 bits per heavy atom. The van der Waals surface area contributed by atoms with Gasteiger partial charge in [0.15, 0.2) is 0 Å². The minimum absolute atomic E-state index is 0.235. The number of carbonyl (C=O) groups excluding carboxylic acids is 1. The summed E-state index contributed by atoms with van der Waals surface area (Å²) in [5, 5.41) is 3.16. The number of hydrogen-bond acceptors (Lipinski definition) is 4. The number of halogens is 1. The van der Waals surface area contributed by atoms with Gasteiger partial charge in [-0.1, -0.05) is 0 Å². The minimum atomic E-state index is 0.235. The molecule has 0 aliphatic carbocycles. The van der Waals surface area contributed by atoms with Crippen LogP contribution in [0, 0.1) is 3.57 Å². The van der Waals surface area contributed by atoms with E-state index in [1.165, 1.54) is 6.33 Å². The highest BCUT2D eigenvalue weighted by Gasteiger charge is 2.17. The van der Waals surface area contributed by atoms with Gasteiger partial charge < -0.3 is 10.2 Å². The maximum absolute atomic E-state index is 11.8. The lowest BCUT2D eigenvalue weighted by Crippen LogP contribution is -2.29. The van der Waals surface area contributed by atoms with Gasteiger partial charge in [-0.25, -0.2) is 9.97 Å². The molecule has 0 aromatic carbocycles. The summed E-state index contributed by atoms with van der Waals surface area (Å²) in [5.74, 6) is 1.04. The number of carbonyl (C=O) groups is 1. The van der Waals surface area contributed by atoms with Crippen molar-refractivity contribution in [3.8, 4) is 0 Å². The normalized spacial score (nSPS) is 15.0. The molecule has 17 heavy (non-hydrogen) atoms. The monoisotopic (exact) mass is 346 g/mol. The lowest BCUT2D eigenvalue weighted by molar-refractivity contribution is -0.129. The Morgan fingerprint density at radius 1 is 1.47 bits per heavy atom. The fourth-order valence-corrected chi connectivity index (χ4v) is 2.35. The van der Waals surface area contributed by atoms with E-state index in [9.17, 15) is 4.79 Å². The fourth-order valence-electron chi connectivity index (χ4n) is 1.86. The molecule has 1 saturated heterocycles. The van der Waals surface area contributed by atoms with Crippen LogP contribution >= 0.6 is 22.6 Å². The topological polar surface area (TPSA) is 58.1 Å². The molecule has 1 aliphatic heterocycles. The summed E-state index contributed by atoms with van der Waals surface area (Å²) in [4.78, 5) is 21.7. The second-order valence-corrected chi connectivity index (χ2v) is 5.15. The molecular formula is C11H15IN4O. The average Bonchev–Trinajstić information content (AvgIpc) is 2.85. The van der Waals surface area contributed by atoms with Crippen LogP contribution in [0.5, 0.6) is 0 Å². The van der Waals surface area contributed by atoms with Crippen molar-refractivity contribution in [1.82, 2.24) is 14.9 Å². The minimum Gasteiger partial charge on any atom is -0.369 e. The summed E-state index contributed by atoms with van der Waals surface area (Å²) < 4.78 is 0.971. The third-order valence-electron chi connectivity index (χ3n) is 2.76. The highest BCUT2D eigenvalue weighted by Crippen LogP contribution is 2.13. The van der Waals surface area contributed by atoms with Crippen LogP contribution in [-0.2, 0) is 4.79 Å². The van der Waals surface area contributed by atoms with E-state index < -0.39 is 0 Å². The summed E-state index contributed by atoms with van der Waals surface area (Å²) in [6, 6.07) is 0. The molecule has 1 aliphatic rings. The van der Waals surface area contributed by atoms with Gasteiger partial charge in [0.05, 0.1) is 3.57 Å². The van der Waals surface area contributed by atoms with E-state index in [4.69, 9.17) is 0 Å². The van der Waals surface area contributed by atoms with Crippen molar-refractivity contribution in [3.05, 3.63) is 16.1 Å². The molecule has 0 radical (unpaired) electrons. The van der Waals surface area contributed by atoms with Gasteiger partial charge in [0.25, 0.3) is 0 Å². The van der Waals surface area contributed by atoms with Crippen LogP contribution < -0.4 is 5.32 Å². The third kappa shape index (κ3) is 3.52. The molecule has 0 spiro atoms. The number of rotatable bonds is 4. The van der Waals surface area contributed by atoms with E-state index in [1.54, 1.807) is 6.20 Å². The molecule has 0 unspecified atom stereocenters. The van der Waals surface area contributed by atoms with Crippen molar-refractivity contribution in [2.24, 2.45) is 0 Å². The standard InChI is InChI=1S/C11H15IN4O/c12-9-7-13-8-15-11(9)14-4-3-10(17)16-5-1-2-6-16/h7-8H,1-6H2,(H,13,14,15). The van der Waals surface area contributed by atoms with Crippen LogP contribution in [0.15, 0.2) is 12.5 Å². The van der Waals surface area contributed by atoms with Gasteiger partial charge in [0.1, 0.15) is 12.1 Å². The molecule has 0 saturated carbocycles. The smallest absolute Gasteiger partial charge is 0.224 e. The lowest BCUT2D eigenvalue weighted by atomic mass is 10.3. The zero-order chi connectivity index (χ0) is 12.1. The quantitative estimate of drug-likeness (QED) is 0.840. The highest BCUT2D eigenvalue weighted by atomic mass is 127. The molecular weight excluding hydrogens is 331 g/mol. The number of hydrogen-bond donors (Lipinski definition) is 1. The maximum atomic E-state index is 11.8. The molecule has 2 rings (SSSR count). The van der Waals surface area contributed by atoms with E-state index in [-0.39, 0.29) is 5.91 Å². The van der Waals surface area contributed by atoms with Crippen LogP contribution in [0.4, 0.5) is 5.82 Å². The van der Waals surface area contributed by atoms with Crippen LogP contribution in [0.25, 0.3) is 0 Å². The molecule has 0 atom stereocenters. The summed E-state index contributed by atoms with van der Waals surface area (Å²) in [6.07, 6.45) is 6.07. The zero-order valence-corrected chi connectivity index (χ0v) is 11.7. The van der Waals surface area contributed by atoms with Gasteiger partial charge in [-0.15, -0.1) is 0 Å². The van der Waals surface area contributed by atoms with E-state index >= 15 is 0 Å². The molecule has 2 heterocycles. The molecule has 1 N–H and O–H groups in total. The predicted octanol–water partition coefficient (Wildman–Crippen LogP) is 1.51. The molecule has 5 nitrogen and oxygen atoms in total. The zero-order valence-electron chi connectivity index (χ0n) is 9.53. The summed E-state index contributed by atoms with van der Waals surface area (Å²) in [7, 11) is 0. The predicted molar refractivity (Wildman–Crippen MR) is 73.7 cm³/mol. The van der Waals surface area contributed by atoms with E-state index in [0.29, 0.717) is 13.0 Å². The second kappa shape index (κ2) is 6.13. The van der Waals surface area contributed by atoms with Gasteiger partial charge >= 0.3 is 0 Å². The van der Waals surface area contributed by atoms with E-state index in [1.807, 2.05) is 4.90 Å². The van der Waals surface area contributed by atoms with Gasteiger partial charge in [-0.3, -0.25) is 4.79 Å². The third-order valence-corrected chi connectivity index (χ3v) is 3.55. The molecule has 1 amide bonds. The first kappa shape index (κ1) is 12.5. The first-order valence-electron chi connectivity index (χ1n) is 5.74. The highest BCUT2D eigenvalue weighted by molar-refractivity contribution is 14.1. The fraction of sp³-hybridized carbons (Fsp3) is 0.545. The van der Waals surface area contributed by atoms with Crippen molar-refractivity contribution in [2.45, 2.75) is 19.3 Å². The van der Waals surface area contributed by atoms with Crippen molar-refractivity contribution < 1.29 is 4.79 Å². The van der Waals surface area contributed by atoms with E-state index in [2.05, 4.69) is 37.9 Å². The Kier molecular flexibility index (Phi) is 4.52. The first-order chi connectivity index (χ1) is 8.27. The summed E-state index contributed by atoms with van der Waals surface area (Å²) in [6.45, 7) is 2.47.